The summed E-state index contributed by atoms with van der Waals surface area (Å²) in [5, 5.41) is 4.44. The van der Waals surface area contributed by atoms with Crippen molar-refractivity contribution in [3.63, 3.8) is 0 Å². The number of nitrogens with zero attached hydrogens (tertiary/aromatic N) is 3. The lowest BCUT2D eigenvalue weighted by molar-refractivity contribution is 0.328. The third-order valence-electron chi connectivity index (χ3n) is 4.74. The summed E-state index contributed by atoms with van der Waals surface area (Å²) in [5.41, 5.74) is 4.33. The highest BCUT2D eigenvalue weighted by atomic mass is 32.2. The van der Waals surface area contributed by atoms with E-state index in [1.165, 1.54) is 16.8 Å². The second-order valence-electron chi connectivity index (χ2n) is 7.33. The number of hydrogen-bond acceptors (Lipinski definition) is 4. The van der Waals surface area contributed by atoms with Gasteiger partial charge in [0.2, 0.25) is 0 Å². The van der Waals surface area contributed by atoms with E-state index in [4.69, 9.17) is 0 Å². The van der Waals surface area contributed by atoms with E-state index in [0.717, 1.165) is 12.1 Å². The number of sulfone groups is 1. The molecular weight excluding hydrogens is 322 g/mol. The molecule has 1 atom stereocenters. The maximum Gasteiger partial charge on any atom is 0.152 e. The van der Waals surface area contributed by atoms with Gasteiger partial charge < -0.3 is 4.90 Å². The van der Waals surface area contributed by atoms with Crippen molar-refractivity contribution in [1.29, 1.82) is 0 Å². The fourth-order valence-corrected chi connectivity index (χ4v) is 5.57. The average molecular weight is 347 g/mol. The summed E-state index contributed by atoms with van der Waals surface area (Å²) in [6.07, 6.45) is 4.46. The Bertz CT molecular complexity index is 837. The topological polar surface area (TPSA) is 55.2 Å². The van der Waals surface area contributed by atoms with Crippen LogP contribution in [0.15, 0.2) is 30.6 Å². The van der Waals surface area contributed by atoms with Gasteiger partial charge >= 0.3 is 0 Å². The van der Waals surface area contributed by atoms with Crippen molar-refractivity contribution in [3.05, 3.63) is 47.3 Å². The third kappa shape index (κ3) is 3.48. The molecule has 0 amide bonds. The molecule has 2 aromatic rings. The summed E-state index contributed by atoms with van der Waals surface area (Å²) in [4.78, 5) is 2.19. The number of rotatable bonds is 4. The zero-order chi connectivity index (χ0) is 17.5. The number of benzene rings is 1. The fraction of sp³-hybridized carbons (Fsp3) is 0.500. The molecule has 1 aliphatic heterocycles. The van der Waals surface area contributed by atoms with E-state index in [9.17, 15) is 8.42 Å². The molecule has 1 aromatic carbocycles. The first-order chi connectivity index (χ1) is 11.2. The molecular formula is C18H25N3O2S. The minimum atomic E-state index is -2.94. The Labute approximate surface area is 144 Å². The Morgan fingerprint density at radius 2 is 1.92 bits per heavy atom. The molecule has 1 aliphatic rings. The molecule has 5 nitrogen and oxygen atoms in total. The molecule has 1 aromatic heterocycles. The predicted molar refractivity (Wildman–Crippen MR) is 97.2 cm³/mol. The van der Waals surface area contributed by atoms with Crippen LogP contribution in [0.25, 0.3) is 0 Å². The van der Waals surface area contributed by atoms with E-state index in [0.29, 0.717) is 6.42 Å². The highest BCUT2D eigenvalue weighted by Crippen LogP contribution is 2.30. The SMILES string of the molecule is Cc1cc(C)cc(N(C)Cc2cnn([C@]3(C)CCS(=O)(=O)C3)c2)c1. The van der Waals surface area contributed by atoms with Crippen LogP contribution in [0, 0.1) is 13.8 Å². The van der Waals surface area contributed by atoms with Gasteiger partial charge in [0, 0.05) is 31.0 Å². The lowest BCUT2D eigenvalue weighted by Crippen LogP contribution is -2.31. The normalized spacial score (nSPS) is 22.7. The monoisotopic (exact) mass is 347 g/mol. The molecule has 0 radical (unpaired) electrons. The van der Waals surface area contributed by atoms with Gasteiger partial charge in [-0.1, -0.05) is 6.07 Å². The first-order valence-electron chi connectivity index (χ1n) is 8.21. The van der Waals surface area contributed by atoms with Gasteiger partial charge in [0.25, 0.3) is 0 Å². The van der Waals surface area contributed by atoms with Crippen molar-refractivity contribution in [3.8, 4) is 0 Å². The van der Waals surface area contributed by atoms with Gasteiger partial charge in [-0.15, -0.1) is 0 Å². The molecule has 0 unspecified atom stereocenters. The van der Waals surface area contributed by atoms with Gasteiger partial charge in [0.15, 0.2) is 9.84 Å². The molecule has 0 bridgehead atoms. The molecule has 6 heteroatoms. The fourth-order valence-electron chi connectivity index (χ4n) is 3.45. The van der Waals surface area contributed by atoms with Crippen LogP contribution in [0.2, 0.25) is 0 Å². The lowest BCUT2D eigenvalue weighted by atomic mass is 10.0. The van der Waals surface area contributed by atoms with Gasteiger partial charge in [0.1, 0.15) is 0 Å². The van der Waals surface area contributed by atoms with Crippen LogP contribution in [0.3, 0.4) is 0 Å². The van der Waals surface area contributed by atoms with E-state index in [-0.39, 0.29) is 11.5 Å². The van der Waals surface area contributed by atoms with Crippen molar-refractivity contribution >= 4 is 15.5 Å². The molecule has 2 heterocycles. The average Bonchev–Trinajstić information content (AvgIpc) is 3.03. The van der Waals surface area contributed by atoms with Crippen molar-refractivity contribution in [2.45, 2.75) is 39.3 Å². The van der Waals surface area contributed by atoms with E-state index in [1.54, 1.807) is 0 Å². The quantitative estimate of drug-likeness (QED) is 0.853. The van der Waals surface area contributed by atoms with Crippen molar-refractivity contribution < 1.29 is 8.42 Å². The van der Waals surface area contributed by atoms with Crippen molar-refractivity contribution in [2.24, 2.45) is 0 Å². The highest BCUT2D eigenvalue weighted by Gasteiger charge is 2.40. The van der Waals surface area contributed by atoms with Crippen LogP contribution in [0.1, 0.15) is 30.0 Å². The molecule has 24 heavy (non-hydrogen) atoms. The van der Waals surface area contributed by atoms with E-state index in [1.807, 2.05) is 24.0 Å². The number of aryl methyl sites for hydroxylation is 2. The number of hydrogen-bond donors (Lipinski definition) is 0. The predicted octanol–water partition coefficient (Wildman–Crippen LogP) is 2.67. The second-order valence-corrected chi connectivity index (χ2v) is 9.52. The Kier molecular flexibility index (Phi) is 4.20. The van der Waals surface area contributed by atoms with Crippen LogP contribution < -0.4 is 4.90 Å². The van der Waals surface area contributed by atoms with Crippen LogP contribution in [0.4, 0.5) is 5.69 Å². The van der Waals surface area contributed by atoms with Gasteiger partial charge in [-0.2, -0.15) is 5.10 Å². The molecule has 0 saturated carbocycles. The van der Waals surface area contributed by atoms with Gasteiger partial charge in [-0.3, -0.25) is 4.68 Å². The largest absolute Gasteiger partial charge is 0.370 e. The first kappa shape index (κ1) is 17.0. The zero-order valence-corrected chi connectivity index (χ0v) is 15.6. The number of aromatic nitrogens is 2. The van der Waals surface area contributed by atoms with E-state index < -0.39 is 15.4 Å². The highest BCUT2D eigenvalue weighted by molar-refractivity contribution is 7.91. The van der Waals surface area contributed by atoms with Gasteiger partial charge in [0.05, 0.1) is 23.2 Å². The van der Waals surface area contributed by atoms with Crippen LogP contribution in [-0.4, -0.2) is 36.8 Å². The molecule has 0 aliphatic carbocycles. The van der Waals surface area contributed by atoms with Gasteiger partial charge in [-0.05, 0) is 50.5 Å². The minimum Gasteiger partial charge on any atom is -0.370 e. The minimum absolute atomic E-state index is 0.175. The van der Waals surface area contributed by atoms with Crippen LogP contribution >= 0.6 is 0 Å². The van der Waals surface area contributed by atoms with Crippen LogP contribution in [-0.2, 0) is 21.9 Å². The molecule has 1 fully saturated rings. The van der Waals surface area contributed by atoms with E-state index >= 15 is 0 Å². The Morgan fingerprint density at radius 3 is 2.50 bits per heavy atom. The maximum absolute atomic E-state index is 11.8. The second kappa shape index (κ2) is 5.92. The maximum atomic E-state index is 11.8. The van der Waals surface area contributed by atoms with Gasteiger partial charge in [-0.25, -0.2) is 8.42 Å². The first-order valence-corrected chi connectivity index (χ1v) is 10.0. The molecule has 1 saturated heterocycles. The summed E-state index contributed by atoms with van der Waals surface area (Å²) < 4.78 is 25.4. The van der Waals surface area contributed by atoms with Crippen molar-refractivity contribution in [2.75, 3.05) is 23.5 Å². The molecule has 3 rings (SSSR count). The molecule has 0 spiro atoms. The zero-order valence-electron chi connectivity index (χ0n) is 14.8. The Morgan fingerprint density at radius 1 is 1.25 bits per heavy atom. The number of anilines is 1. The van der Waals surface area contributed by atoms with Crippen LogP contribution in [0.5, 0.6) is 0 Å². The summed E-state index contributed by atoms with van der Waals surface area (Å²) in [7, 11) is -0.877. The Hall–Kier alpha value is -1.82. The Balaban J connectivity index is 1.77. The third-order valence-corrected chi connectivity index (χ3v) is 6.63. The molecule has 0 N–H and O–H groups in total. The lowest BCUT2D eigenvalue weighted by Gasteiger charge is -2.23. The standard InChI is InChI=1S/C18H25N3O2S/c1-14-7-15(2)9-17(8-14)20(4)11-16-10-19-21(12-16)18(3)5-6-24(22,23)13-18/h7-10,12H,5-6,11,13H2,1-4H3/t18-/m1/s1. The summed E-state index contributed by atoms with van der Waals surface area (Å²) in [5.74, 6) is 0.426. The smallest absolute Gasteiger partial charge is 0.152 e. The summed E-state index contributed by atoms with van der Waals surface area (Å²) >= 11 is 0. The van der Waals surface area contributed by atoms with E-state index in [2.05, 4.69) is 49.1 Å². The molecule has 130 valence electrons. The summed E-state index contributed by atoms with van der Waals surface area (Å²) in [6.45, 7) is 6.92. The summed E-state index contributed by atoms with van der Waals surface area (Å²) in [6, 6.07) is 6.50. The van der Waals surface area contributed by atoms with Crippen molar-refractivity contribution in [1.82, 2.24) is 9.78 Å².